The average molecular weight is 375 g/mol. The summed E-state index contributed by atoms with van der Waals surface area (Å²) in [7, 11) is 0. The second-order valence-electron chi connectivity index (χ2n) is 5.00. The zero-order valence-corrected chi connectivity index (χ0v) is 15.0. The van der Waals surface area contributed by atoms with Gasteiger partial charge in [0.05, 0.1) is 11.4 Å². The summed E-state index contributed by atoms with van der Waals surface area (Å²) in [5.74, 6) is -0.183. The number of nitrogens with zero attached hydrogens (tertiary/aromatic N) is 2. The minimum absolute atomic E-state index is 0. The highest BCUT2D eigenvalue weighted by Crippen LogP contribution is 2.29. The van der Waals surface area contributed by atoms with Crippen LogP contribution >= 0.6 is 36.2 Å². The molecule has 23 heavy (non-hydrogen) atoms. The van der Waals surface area contributed by atoms with Crippen LogP contribution in [-0.4, -0.2) is 24.0 Å². The second-order valence-corrected chi connectivity index (χ2v) is 5.94. The summed E-state index contributed by atoms with van der Waals surface area (Å²) in [6.45, 7) is 2.45. The lowest BCUT2D eigenvalue weighted by molar-refractivity contribution is 0.102. The number of para-hydroxylation sites is 2. The maximum atomic E-state index is 12.3. The minimum atomic E-state index is -0.183. The molecule has 0 aliphatic carbocycles. The van der Waals surface area contributed by atoms with Gasteiger partial charge in [-0.25, -0.2) is 4.98 Å². The third kappa shape index (κ3) is 4.57. The third-order valence-electron chi connectivity index (χ3n) is 3.56. The van der Waals surface area contributed by atoms with E-state index in [9.17, 15) is 4.79 Å². The van der Waals surface area contributed by atoms with Crippen molar-refractivity contribution in [3.05, 3.63) is 40.3 Å². The van der Waals surface area contributed by atoms with Crippen LogP contribution in [0.2, 0.25) is 0 Å². The van der Waals surface area contributed by atoms with Crippen molar-refractivity contribution in [1.29, 1.82) is 0 Å². The quantitative estimate of drug-likeness (QED) is 0.860. The molecule has 126 valence electrons. The molecule has 0 saturated carbocycles. The Bertz CT molecular complexity index is 644. The van der Waals surface area contributed by atoms with E-state index in [0.717, 1.165) is 29.5 Å². The van der Waals surface area contributed by atoms with Crippen LogP contribution in [0.1, 0.15) is 28.3 Å². The summed E-state index contributed by atoms with van der Waals surface area (Å²) in [5.41, 5.74) is 7.88. The Morgan fingerprint density at radius 2 is 1.96 bits per heavy atom. The summed E-state index contributed by atoms with van der Waals surface area (Å²) >= 11 is 1.41. The van der Waals surface area contributed by atoms with E-state index in [2.05, 4.69) is 15.2 Å². The van der Waals surface area contributed by atoms with Crippen LogP contribution in [-0.2, 0) is 6.54 Å². The molecular weight excluding hydrogens is 355 g/mol. The van der Waals surface area contributed by atoms with Gasteiger partial charge in [-0.3, -0.25) is 4.79 Å². The number of nitrogens with one attached hydrogen (secondary N) is 1. The first-order valence-electron chi connectivity index (χ1n) is 7.08. The Hall–Kier alpha value is -1.34. The number of aromatic nitrogens is 1. The van der Waals surface area contributed by atoms with E-state index >= 15 is 0 Å². The number of rotatable bonds is 4. The number of thiazole rings is 1. The smallest absolute Gasteiger partial charge is 0.275 e. The molecule has 2 heterocycles. The maximum absolute atomic E-state index is 12.3. The van der Waals surface area contributed by atoms with Gasteiger partial charge in [0.15, 0.2) is 0 Å². The summed E-state index contributed by atoms with van der Waals surface area (Å²) in [6, 6.07) is 7.91. The Morgan fingerprint density at radius 3 is 2.61 bits per heavy atom. The number of halogens is 2. The lowest BCUT2D eigenvalue weighted by Crippen LogP contribution is -2.21. The first-order chi connectivity index (χ1) is 10.3. The van der Waals surface area contributed by atoms with Gasteiger partial charge < -0.3 is 16.0 Å². The van der Waals surface area contributed by atoms with Gasteiger partial charge in [-0.2, -0.15) is 0 Å². The van der Waals surface area contributed by atoms with Gasteiger partial charge in [0.2, 0.25) is 0 Å². The number of nitrogens with two attached hydrogens (primary N) is 1. The molecule has 2 aromatic rings. The Labute approximate surface area is 152 Å². The van der Waals surface area contributed by atoms with Crippen LogP contribution in [0.3, 0.4) is 0 Å². The molecular formula is C15H20Cl2N4OS. The molecule has 1 amide bonds. The molecule has 0 atom stereocenters. The fraction of sp³-hybridized carbons (Fsp3) is 0.333. The number of carbonyl (C=O) groups is 1. The molecule has 0 spiro atoms. The van der Waals surface area contributed by atoms with E-state index in [0.29, 0.717) is 12.2 Å². The van der Waals surface area contributed by atoms with Crippen LogP contribution in [0.25, 0.3) is 0 Å². The maximum Gasteiger partial charge on any atom is 0.275 e. The largest absolute Gasteiger partial charge is 0.370 e. The van der Waals surface area contributed by atoms with Gasteiger partial charge >= 0.3 is 0 Å². The van der Waals surface area contributed by atoms with Crippen molar-refractivity contribution < 1.29 is 4.79 Å². The van der Waals surface area contributed by atoms with Crippen molar-refractivity contribution in [3.63, 3.8) is 0 Å². The summed E-state index contributed by atoms with van der Waals surface area (Å²) in [6.07, 6.45) is 2.41. The van der Waals surface area contributed by atoms with Crippen molar-refractivity contribution in [3.8, 4) is 0 Å². The van der Waals surface area contributed by atoms with Gasteiger partial charge in [-0.15, -0.1) is 36.2 Å². The first kappa shape index (κ1) is 19.7. The zero-order chi connectivity index (χ0) is 14.7. The Balaban J connectivity index is 0.00000132. The fourth-order valence-electron chi connectivity index (χ4n) is 2.51. The molecule has 0 radical (unpaired) electrons. The number of benzene rings is 1. The Morgan fingerprint density at radius 1 is 1.26 bits per heavy atom. The molecule has 1 aliphatic rings. The van der Waals surface area contributed by atoms with Crippen LogP contribution in [0.4, 0.5) is 11.4 Å². The van der Waals surface area contributed by atoms with Gasteiger partial charge in [0, 0.05) is 25.0 Å². The van der Waals surface area contributed by atoms with Crippen molar-refractivity contribution in [2.45, 2.75) is 19.4 Å². The molecule has 8 heteroatoms. The number of hydrogen-bond acceptors (Lipinski definition) is 5. The molecule has 1 fully saturated rings. The summed E-state index contributed by atoms with van der Waals surface area (Å²) in [5, 5.41) is 5.48. The number of hydrogen-bond donors (Lipinski definition) is 2. The second kappa shape index (κ2) is 9.08. The molecule has 3 rings (SSSR count). The molecule has 1 aromatic heterocycles. The SMILES string of the molecule is Cl.Cl.NCc1nc(C(=O)Nc2ccccc2N2CCCC2)cs1. The van der Waals surface area contributed by atoms with Gasteiger partial charge in [0.25, 0.3) is 5.91 Å². The molecule has 5 nitrogen and oxygen atoms in total. The normalized spacial score (nSPS) is 13.2. The highest BCUT2D eigenvalue weighted by Gasteiger charge is 2.17. The van der Waals surface area contributed by atoms with E-state index < -0.39 is 0 Å². The van der Waals surface area contributed by atoms with Gasteiger partial charge in [-0.05, 0) is 25.0 Å². The highest BCUT2D eigenvalue weighted by atomic mass is 35.5. The van der Waals surface area contributed by atoms with Crippen LogP contribution in [0.15, 0.2) is 29.6 Å². The molecule has 3 N–H and O–H groups in total. The average Bonchev–Trinajstić information content (AvgIpc) is 3.19. The molecule has 0 unspecified atom stereocenters. The fourth-order valence-corrected chi connectivity index (χ4v) is 3.16. The number of amides is 1. The lowest BCUT2D eigenvalue weighted by atomic mass is 10.2. The number of carbonyl (C=O) groups excluding carboxylic acids is 1. The summed E-state index contributed by atoms with van der Waals surface area (Å²) < 4.78 is 0. The van der Waals surface area contributed by atoms with Crippen molar-refractivity contribution in [2.75, 3.05) is 23.3 Å². The monoisotopic (exact) mass is 374 g/mol. The highest BCUT2D eigenvalue weighted by molar-refractivity contribution is 7.09. The summed E-state index contributed by atoms with van der Waals surface area (Å²) in [4.78, 5) is 18.8. The molecule has 1 aromatic carbocycles. The van der Waals surface area contributed by atoms with Crippen molar-refractivity contribution >= 4 is 53.4 Å². The predicted octanol–water partition coefficient (Wildman–Crippen LogP) is 3.30. The third-order valence-corrected chi connectivity index (χ3v) is 4.43. The van der Waals surface area contributed by atoms with Gasteiger partial charge in [-0.1, -0.05) is 12.1 Å². The molecule has 0 bridgehead atoms. The van der Waals surface area contributed by atoms with E-state index in [1.54, 1.807) is 5.38 Å². The minimum Gasteiger partial charge on any atom is -0.370 e. The predicted molar refractivity (Wildman–Crippen MR) is 100 cm³/mol. The van der Waals surface area contributed by atoms with Crippen molar-refractivity contribution in [1.82, 2.24) is 4.98 Å². The van der Waals surface area contributed by atoms with Crippen LogP contribution in [0, 0.1) is 0 Å². The Kier molecular flexibility index (Phi) is 7.78. The number of anilines is 2. The molecule has 1 saturated heterocycles. The van der Waals surface area contributed by atoms with Crippen LogP contribution in [0.5, 0.6) is 0 Å². The molecule has 1 aliphatic heterocycles. The van der Waals surface area contributed by atoms with Crippen LogP contribution < -0.4 is 16.0 Å². The topological polar surface area (TPSA) is 71.2 Å². The zero-order valence-electron chi connectivity index (χ0n) is 12.5. The van der Waals surface area contributed by atoms with E-state index in [1.165, 1.54) is 24.2 Å². The first-order valence-corrected chi connectivity index (χ1v) is 7.95. The lowest BCUT2D eigenvalue weighted by Gasteiger charge is -2.21. The van der Waals surface area contributed by atoms with Gasteiger partial charge in [0.1, 0.15) is 10.7 Å². The van der Waals surface area contributed by atoms with E-state index in [-0.39, 0.29) is 30.7 Å². The van der Waals surface area contributed by atoms with E-state index in [4.69, 9.17) is 5.73 Å². The van der Waals surface area contributed by atoms with Crippen molar-refractivity contribution in [2.24, 2.45) is 5.73 Å². The van der Waals surface area contributed by atoms with E-state index in [1.807, 2.05) is 24.3 Å². The standard InChI is InChI=1S/C15H18N4OS.2ClH/c16-9-14-17-12(10-21-14)15(20)18-11-5-1-2-6-13(11)19-7-3-4-8-19;;/h1-2,5-6,10H,3-4,7-9,16H2,(H,18,20);2*1H.